The Hall–Kier alpha value is 2.07. The second-order valence-corrected chi connectivity index (χ2v) is 51.4. The van der Waals surface area contributed by atoms with Crippen LogP contribution in [0.15, 0.2) is 0 Å². The van der Waals surface area contributed by atoms with E-state index in [9.17, 15) is 0 Å². The van der Waals surface area contributed by atoms with Gasteiger partial charge < -0.3 is 33.0 Å². The van der Waals surface area contributed by atoms with Gasteiger partial charge in [0, 0.05) is 0 Å². The maximum atomic E-state index is 4.30. The van der Waals surface area contributed by atoms with Crippen LogP contribution in [0.3, 0.4) is 0 Å². The minimum absolute atomic E-state index is 0.0745. The summed E-state index contributed by atoms with van der Waals surface area (Å²) in [4.78, 5) is 0. The van der Waals surface area contributed by atoms with E-state index in [1.165, 1.54) is 0 Å². The molecule has 0 aromatic heterocycles. The molecule has 0 radical (unpaired) electrons. The SMILES string of the molecule is C[SiH2]N1[SiH2]N[SiH2]N2[SiH2]N(C)[SiH]3N([SiH2]N([Si](C)(C)C)[Si](C)(C)C)[SiH2]N3[SiH]2N[SiH2]1. The van der Waals surface area contributed by atoms with Crippen LogP contribution in [0.4, 0.5) is 0 Å². The largest absolute Gasteiger partial charge is 0.362 e. The number of rotatable bonds is 5. The van der Waals surface area contributed by atoms with E-state index in [1.54, 1.807) is 0 Å². The predicted molar refractivity (Wildman–Crippen MR) is 150 cm³/mol. The Morgan fingerprint density at radius 2 is 1.63 bits per heavy atom. The maximum absolute atomic E-state index is 4.30. The van der Waals surface area contributed by atoms with Crippen LogP contribution < -0.4 is 9.30 Å². The third kappa shape index (κ3) is 5.47. The number of nitrogens with zero attached hydrogens (tertiary/aromatic N) is 6. The first kappa shape index (κ1) is 23.7. The van der Waals surface area contributed by atoms with Gasteiger partial charge in [-0.2, -0.15) is 0 Å². The van der Waals surface area contributed by atoms with Crippen LogP contribution in [0.2, 0.25) is 45.8 Å². The molecule has 2 N–H and O–H groups in total. The summed E-state index contributed by atoms with van der Waals surface area (Å²) >= 11 is 0. The van der Waals surface area contributed by atoms with Crippen molar-refractivity contribution in [2.45, 2.75) is 45.8 Å². The lowest BCUT2D eigenvalue weighted by Gasteiger charge is -2.64. The molecular formula is C8H42N8Si11. The fourth-order valence-electron chi connectivity index (χ4n) is 4.81. The van der Waals surface area contributed by atoms with Gasteiger partial charge in [-0.25, -0.2) is 0 Å². The first-order valence-electron chi connectivity index (χ1n) is 10.4. The van der Waals surface area contributed by atoms with Gasteiger partial charge in [-0.15, -0.1) is 0 Å². The molecule has 3 rings (SSSR count). The highest BCUT2D eigenvalue weighted by molar-refractivity contribution is 7.04. The van der Waals surface area contributed by atoms with E-state index in [0.717, 1.165) is 0 Å². The van der Waals surface area contributed by atoms with Gasteiger partial charge in [0.25, 0.3) is 0 Å². The molecule has 19 heteroatoms. The lowest BCUT2D eigenvalue weighted by molar-refractivity contribution is 0.544. The maximum Gasteiger partial charge on any atom is 0.242 e. The van der Waals surface area contributed by atoms with E-state index >= 15 is 0 Å². The van der Waals surface area contributed by atoms with Crippen LogP contribution >= 0.6 is 0 Å². The summed E-state index contributed by atoms with van der Waals surface area (Å²) in [5.41, 5.74) is 0. The van der Waals surface area contributed by atoms with Gasteiger partial charge in [-0.05, 0) is 7.05 Å². The first-order chi connectivity index (χ1) is 12.5. The van der Waals surface area contributed by atoms with Crippen LogP contribution in [0.5, 0.6) is 0 Å². The second-order valence-electron chi connectivity index (χ2n) is 10.3. The van der Waals surface area contributed by atoms with Crippen molar-refractivity contribution in [3.05, 3.63) is 0 Å². The zero-order valence-corrected chi connectivity index (χ0v) is 33.0. The molecule has 8 nitrogen and oxygen atoms in total. The van der Waals surface area contributed by atoms with E-state index < -0.39 is 35.0 Å². The molecule has 3 saturated heterocycles. The summed E-state index contributed by atoms with van der Waals surface area (Å²) in [6.45, 7) is 18.1. The fraction of sp³-hybridized carbons (Fsp3) is 1.00. The number of fused-ring (bicyclic) bond motifs is 3. The molecule has 0 bridgehead atoms. The van der Waals surface area contributed by atoms with Gasteiger partial charge in [-0.1, -0.05) is 45.8 Å². The van der Waals surface area contributed by atoms with Crippen molar-refractivity contribution in [2.75, 3.05) is 7.05 Å². The molecule has 0 aromatic rings. The minimum Gasteiger partial charge on any atom is -0.362 e. The summed E-state index contributed by atoms with van der Waals surface area (Å²) in [7, 11) is -2.45. The van der Waals surface area contributed by atoms with Crippen molar-refractivity contribution in [3.63, 3.8) is 0 Å². The zero-order valence-electron chi connectivity index (χ0n) is 18.8. The highest BCUT2D eigenvalue weighted by atomic mass is 28.5. The second kappa shape index (κ2) is 9.28. The lowest BCUT2D eigenvalue weighted by atomic mass is 11.6. The van der Waals surface area contributed by atoms with E-state index in [2.05, 4.69) is 85.9 Å². The Morgan fingerprint density at radius 1 is 0.963 bits per heavy atom. The smallest absolute Gasteiger partial charge is 0.242 e. The van der Waals surface area contributed by atoms with Gasteiger partial charge in [0.1, 0.15) is 26.3 Å². The molecule has 2 atom stereocenters. The summed E-state index contributed by atoms with van der Waals surface area (Å²) in [6, 6.07) is 0. The molecule has 158 valence electrons. The lowest BCUT2D eigenvalue weighted by Crippen LogP contribution is -2.92. The van der Waals surface area contributed by atoms with Gasteiger partial charge in [0.15, 0.2) is 49.2 Å². The topological polar surface area (TPSA) is 43.5 Å². The Kier molecular flexibility index (Phi) is 8.15. The van der Waals surface area contributed by atoms with E-state index in [4.69, 9.17) is 0 Å². The number of nitrogens with one attached hydrogen (secondary N) is 2. The monoisotopic (exact) mass is 558 g/mol. The normalized spacial score (nSPS) is 35.9. The molecule has 0 saturated carbocycles. The molecule has 27 heavy (non-hydrogen) atoms. The van der Waals surface area contributed by atoms with Crippen LogP contribution in [-0.4, -0.2) is 135 Å². The number of hydrogen-bond acceptors (Lipinski definition) is 8. The average molecular weight is 559 g/mol. The Bertz CT molecular complexity index is 504. The molecule has 0 spiro atoms. The Morgan fingerprint density at radius 3 is 2.22 bits per heavy atom. The highest BCUT2D eigenvalue weighted by Gasteiger charge is 2.52. The van der Waals surface area contributed by atoms with Crippen molar-refractivity contribution >= 4 is 104 Å². The third-order valence-electron chi connectivity index (χ3n) is 5.96. The molecule has 0 aromatic carbocycles. The van der Waals surface area contributed by atoms with Gasteiger partial charge in [0.05, 0.1) is 9.68 Å². The van der Waals surface area contributed by atoms with Gasteiger partial charge in [0.2, 0.25) is 18.6 Å². The van der Waals surface area contributed by atoms with Crippen LogP contribution in [0.1, 0.15) is 0 Å². The van der Waals surface area contributed by atoms with Gasteiger partial charge in [-0.3, -0.25) is 0 Å². The Labute approximate surface area is 188 Å². The van der Waals surface area contributed by atoms with Crippen molar-refractivity contribution in [1.82, 2.24) is 33.0 Å². The highest BCUT2D eigenvalue weighted by Crippen LogP contribution is 2.25. The Balaban J connectivity index is 1.69. The van der Waals surface area contributed by atoms with Crippen LogP contribution in [-0.2, 0) is 0 Å². The number of hydrogen-bond donors (Lipinski definition) is 2. The van der Waals surface area contributed by atoms with Crippen LogP contribution in [0.25, 0.3) is 0 Å². The quantitative estimate of drug-likeness (QED) is 0.323. The fourth-order valence-corrected chi connectivity index (χ4v) is 74.0. The molecule has 0 aliphatic carbocycles. The van der Waals surface area contributed by atoms with Gasteiger partial charge >= 0.3 is 0 Å². The molecule has 2 unspecified atom stereocenters. The average Bonchev–Trinajstić information content (AvgIpc) is 2.47. The van der Waals surface area contributed by atoms with Crippen molar-refractivity contribution in [2.24, 2.45) is 0 Å². The van der Waals surface area contributed by atoms with Crippen molar-refractivity contribution in [1.29, 1.82) is 0 Å². The first-order valence-corrected chi connectivity index (χ1v) is 30.3. The van der Waals surface area contributed by atoms with Crippen molar-refractivity contribution < 1.29 is 0 Å². The van der Waals surface area contributed by atoms with Crippen molar-refractivity contribution in [3.8, 4) is 0 Å². The molecule has 3 fully saturated rings. The summed E-state index contributed by atoms with van der Waals surface area (Å²) < 4.78 is 26.9. The molecule has 3 aliphatic heterocycles. The standard InChI is InChI=1S/C8H42N8Si11/c1-11-21-13-19-9-18-12(17-2)20-10-24(13)15-22-14(25(11)15)23-16(26(3,4)5)27(6,7)8/h9-10,24-25H,17-23H2,1-8H3. The van der Waals surface area contributed by atoms with E-state index in [-0.39, 0.29) is 68.7 Å². The molecule has 3 aliphatic rings. The summed E-state index contributed by atoms with van der Waals surface area (Å²) in [5, 5.41) is 0. The zero-order chi connectivity index (χ0) is 20.0. The predicted octanol–water partition coefficient (Wildman–Crippen LogP) is -7.12. The summed E-state index contributed by atoms with van der Waals surface area (Å²) in [6.07, 6.45) is 0. The van der Waals surface area contributed by atoms with E-state index in [0.29, 0.717) is 0 Å². The van der Waals surface area contributed by atoms with E-state index in [1.807, 2.05) is 0 Å². The molecule has 3 heterocycles. The summed E-state index contributed by atoms with van der Waals surface area (Å²) in [5.74, 6) is 0. The minimum atomic E-state index is -1.18. The molecular weight excluding hydrogens is 517 g/mol. The third-order valence-corrected chi connectivity index (χ3v) is 51.4. The molecule has 0 amide bonds. The van der Waals surface area contributed by atoms with Crippen LogP contribution in [0, 0.1) is 0 Å².